The first-order chi connectivity index (χ1) is 6.15. The van der Waals surface area contributed by atoms with Gasteiger partial charge in [-0.15, -0.1) is 0 Å². The average molecular weight is 178 g/mol. The third-order valence-corrected chi connectivity index (χ3v) is 2.56. The van der Waals surface area contributed by atoms with Crippen molar-refractivity contribution in [3.05, 3.63) is 18.2 Å². The lowest BCUT2D eigenvalue weighted by Gasteiger charge is -2.27. The van der Waals surface area contributed by atoms with E-state index < -0.39 is 0 Å². The van der Waals surface area contributed by atoms with E-state index in [-0.39, 0.29) is 0 Å². The number of nitrogens with zero attached hydrogens (tertiary/aromatic N) is 1. The molecule has 0 saturated heterocycles. The van der Waals surface area contributed by atoms with Crippen LogP contribution in [-0.4, -0.2) is 20.6 Å². The molecule has 1 aromatic rings. The number of para-hydroxylation sites is 1. The highest BCUT2D eigenvalue weighted by atomic mass is 16.6. The summed E-state index contributed by atoms with van der Waals surface area (Å²) in [7, 11) is 4.45. The van der Waals surface area contributed by atoms with Gasteiger partial charge in [0.25, 0.3) is 0 Å². The largest absolute Gasteiger partial charge is 0.443 e. The van der Waals surface area contributed by atoms with Gasteiger partial charge in [0, 0.05) is 6.07 Å². The maximum absolute atomic E-state index is 5.39. The summed E-state index contributed by atoms with van der Waals surface area (Å²) in [6.45, 7) is 3.36. The fraction of sp³-hybridized carbons (Fsp3) is 0.455. The molecule has 1 aliphatic rings. The Morgan fingerprint density at radius 3 is 2.77 bits per heavy atom. The van der Waals surface area contributed by atoms with Crippen LogP contribution in [0.15, 0.2) is 18.2 Å². The van der Waals surface area contributed by atoms with Gasteiger partial charge in [-0.1, -0.05) is 13.0 Å². The van der Waals surface area contributed by atoms with Gasteiger partial charge in [0.05, 0.1) is 20.6 Å². The quantitative estimate of drug-likeness (QED) is 0.520. The van der Waals surface area contributed by atoms with Gasteiger partial charge in [-0.2, -0.15) is 0 Å². The molecule has 0 amide bonds. The van der Waals surface area contributed by atoms with Gasteiger partial charge in [0.2, 0.25) is 5.75 Å². The van der Waals surface area contributed by atoms with Gasteiger partial charge in [-0.05, 0) is 12.5 Å². The summed E-state index contributed by atoms with van der Waals surface area (Å²) in [6.07, 6.45) is 1.19. The zero-order valence-corrected chi connectivity index (χ0v) is 8.50. The highest BCUT2D eigenvalue weighted by Gasteiger charge is 2.33. The lowest BCUT2D eigenvalue weighted by molar-refractivity contribution is 0.394. The standard InChI is InChI=1S/C11H16NO/c1-4-8-12(2,3)9-6-5-7-10-11(9)13-10/h5-7H,4,8H2,1-3H3/q+1. The predicted octanol–water partition coefficient (Wildman–Crippen LogP) is 2.77. The molecule has 1 aliphatic heterocycles. The Labute approximate surface area is 79.3 Å². The molecule has 0 aliphatic carbocycles. The van der Waals surface area contributed by atoms with Crippen LogP contribution in [0.1, 0.15) is 13.3 Å². The van der Waals surface area contributed by atoms with Crippen LogP contribution in [0, 0.1) is 0 Å². The molecule has 13 heavy (non-hydrogen) atoms. The van der Waals surface area contributed by atoms with E-state index in [9.17, 15) is 0 Å². The molecule has 0 bridgehead atoms. The number of hydrogen-bond acceptors (Lipinski definition) is 1. The number of hydrogen-bond donors (Lipinski definition) is 0. The smallest absolute Gasteiger partial charge is 0.230 e. The van der Waals surface area contributed by atoms with Crippen LogP contribution < -0.4 is 9.22 Å². The van der Waals surface area contributed by atoms with E-state index in [1.807, 2.05) is 6.07 Å². The summed E-state index contributed by atoms with van der Waals surface area (Å²) in [5.41, 5.74) is 1.30. The molecular formula is C11H16NO+. The fourth-order valence-corrected chi connectivity index (χ4v) is 1.83. The van der Waals surface area contributed by atoms with Crippen LogP contribution in [0.4, 0.5) is 5.69 Å². The molecule has 0 atom stereocenters. The average Bonchev–Trinajstić information content (AvgIpc) is 2.80. The van der Waals surface area contributed by atoms with Gasteiger partial charge in [0.15, 0.2) is 11.4 Å². The zero-order chi connectivity index (χ0) is 9.47. The summed E-state index contributed by atoms with van der Waals surface area (Å²) < 4.78 is 6.30. The molecule has 1 aromatic carbocycles. The van der Waals surface area contributed by atoms with Gasteiger partial charge in [0.1, 0.15) is 0 Å². The molecule has 0 saturated carbocycles. The molecule has 0 unspecified atom stereocenters. The minimum atomic E-state index is 0.916. The Bertz CT molecular complexity index is 331. The van der Waals surface area contributed by atoms with Crippen molar-refractivity contribution in [2.45, 2.75) is 13.3 Å². The van der Waals surface area contributed by atoms with Crippen LogP contribution >= 0.6 is 0 Å². The summed E-state index contributed by atoms with van der Waals surface area (Å²) in [4.78, 5) is 0. The number of quaternary nitrogens is 1. The highest BCUT2D eigenvalue weighted by molar-refractivity contribution is 5.71. The topological polar surface area (TPSA) is 12.5 Å². The van der Waals surface area contributed by atoms with Crippen molar-refractivity contribution in [3.63, 3.8) is 0 Å². The third kappa shape index (κ3) is 1.42. The van der Waals surface area contributed by atoms with Gasteiger partial charge < -0.3 is 4.74 Å². The Morgan fingerprint density at radius 1 is 1.31 bits per heavy atom. The second-order valence-electron chi connectivity index (χ2n) is 4.12. The molecule has 0 aromatic heterocycles. The molecule has 1 heterocycles. The van der Waals surface area contributed by atoms with Gasteiger partial charge >= 0.3 is 0 Å². The minimum Gasteiger partial charge on any atom is -0.443 e. The van der Waals surface area contributed by atoms with Crippen LogP contribution in [0.25, 0.3) is 0 Å². The summed E-state index contributed by atoms with van der Waals surface area (Å²) in [5, 5.41) is 0. The van der Waals surface area contributed by atoms with Crippen molar-refractivity contribution in [2.24, 2.45) is 0 Å². The maximum atomic E-state index is 5.39. The van der Waals surface area contributed by atoms with Crippen molar-refractivity contribution in [1.82, 2.24) is 4.48 Å². The molecule has 2 nitrogen and oxygen atoms in total. The van der Waals surface area contributed by atoms with Crippen LogP contribution in [0.5, 0.6) is 11.5 Å². The van der Waals surface area contributed by atoms with E-state index in [2.05, 4.69) is 33.2 Å². The number of fused-ring (bicyclic) bond motifs is 1. The molecule has 0 N–H and O–H groups in total. The molecule has 0 radical (unpaired) electrons. The predicted molar refractivity (Wildman–Crippen MR) is 55.3 cm³/mol. The number of rotatable bonds is 3. The Hall–Kier alpha value is -1.02. The van der Waals surface area contributed by atoms with E-state index in [1.165, 1.54) is 12.1 Å². The van der Waals surface area contributed by atoms with Crippen molar-refractivity contribution in [3.8, 4) is 11.5 Å². The third-order valence-electron chi connectivity index (χ3n) is 2.56. The molecule has 0 fully saturated rings. The first-order valence-electron chi connectivity index (χ1n) is 4.79. The zero-order valence-electron chi connectivity index (χ0n) is 8.50. The molecule has 0 spiro atoms. The van der Waals surface area contributed by atoms with Crippen molar-refractivity contribution < 1.29 is 4.74 Å². The molecular weight excluding hydrogens is 162 g/mol. The fourth-order valence-electron chi connectivity index (χ4n) is 1.83. The summed E-state index contributed by atoms with van der Waals surface area (Å²) in [6, 6.07) is 6.24. The normalized spacial score (nSPS) is 13.5. The first-order valence-corrected chi connectivity index (χ1v) is 4.79. The SMILES string of the molecule is CCC[N+](C)(C)c1cccc2c1O2. The van der Waals surface area contributed by atoms with Crippen molar-refractivity contribution >= 4 is 5.69 Å². The number of benzene rings is 1. The minimum absolute atomic E-state index is 0.916. The van der Waals surface area contributed by atoms with Crippen LogP contribution in [0.3, 0.4) is 0 Å². The van der Waals surface area contributed by atoms with E-state index in [0.717, 1.165) is 22.5 Å². The Morgan fingerprint density at radius 2 is 2.08 bits per heavy atom. The highest BCUT2D eigenvalue weighted by Crippen LogP contribution is 2.53. The lowest BCUT2D eigenvalue weighted by Crippen LogP contribution is -2.40. The first kappa shape index (κ1) is 8.57. The van der Waals surface area contributed by atoms with E-state index in [1.54, 1.807) is 0 Å². The van der Waals surface area contributed by atoms with E-state index in [0.29, 0.717) is 0 Å². The van der Waals surface area contributed by atoms with E-state index >= 15 is 0 Å². The van der Waals surface area contributed by atoms with Crippen LogP contribution in [0.2, 0.25) is 0 Å². The monoisotopic (exact) mass is 178 g/mol. The second kappa shape index (κ2) is 2.74. The molecule has 2 heteroatoms. The van der Waals surface area contributed by atoms with E-state index in [4.69, 9.17) is 4.74 Å². The Balaban J connectivity index is 2.31. The Kier molecular flexibility index (Phi) is 1.81. The summed E-state index contributed by atoms with van der Waals surface area (Å²) in [5.74, 6) is 2.15. The van der Waals surface area contributed by atoms with Gasteiger partial charge in [-0.3, -0.25) is 4.48 Å². The molecule has 2 rings (SSSR count). The van der Waals surface area contributed by atoms with Crippen molar-refractivity contribution in [2.75, 3.05) is 20.6 Å². The van der Waals surface area contributed by atoms with Crippen molar-refractivity contribution in [1.29, 1.82) is 0 Å². The maximum Gasteiger partial charge on any atom is 0.230 e. The number of ether oxygens (including phenoxy) is 1. The molecule has 70 valence electrons. The van der Waals surface area contributed by atoms with Gasteiger partial charge in [-0.25, -0.2) is 0 Å². The lowest BCUT2D eigenvalue weighted by atomic mass is 10.2. The van der Waals surface area contributed by atoms with Crippen LogP contribution in [-0.2, 0) is 0 Å². The second-order valence-corrected chi connectivity index (χ2v) is 4.12. The summed E-state index contributed by atoms with van der Waals surface area (Å²) >= 11 is 0.